The molecule has 29 heavy (non-hydrogen) atoms. The van der Waals surface area contributed by atoms with Gasteiger partial charge in [0.1, 0.15) is 10.0 Å². The lowest BCUT2D eigenvalue weighted by Crippen LogP contribution is -2.28. The smallest absolute Gasteiger partial charge is 0.300 e. The van der Waals surface area contributed by atoms with E-state index in [1.807, 2.05) is 25.1 Å². The van der Waals surface area contributed by atoms with E-state index in [9.17, 15) is 9.59 Å². The van der Waals surface area contributed by atoms with Crippen molar-refractivity contribution in [1.29, 1.82) is 0 Å². The minimum Gasteiger partial charge on any atom is -0.300 e. The highest BCUT2D eigenvalue weighted by molar-refractivity contribution is 8.00. The second-order valence-electron chi connectivity index (χ2n) is 6.58. The van der Waals surface area contributed by atoms with Crippen molar-refractivity contribution in [1.82, 2.24) is 24.7 Å². The molecular formula is C19H20N6O2S2. The molecule has 0 radical (unpaired) electrons. The van der Waals surface area contributed by atoms with Crippen LogP contribution in [0.25, 0.3) is 0 Å². The number of pyridine rings is 1. The zero-order chi connectivity index (χ0) is 20.2. The topological polar surface area (TPSA) is 103 Å². The molecule has 0 saturated heterocycles. The molecule has 3 aromatic heterocycles. The minimum atomic E-state index is -0.295. The van der Waals surface area contributed by atoms with Crippen molar-refractivity contribution in [3.8, 4) is 0 Å². The quantitative estimate of drug-likeness (QED) is 0.455. The first-order valence-electron chi connectivity index (χ1n) is 9.41. The lowest BCUT2D eigenvalue weighted by Gasteiger charge is -2.13. The predicted octanol–water partition coefficient (Wildman–Crippen LogP) is 2.32. The first-order chi connectivity index (χ1) is 14.1. The van der Waals surface area contributed by atoms with Gasteiger partial charge in [0.05, 0.1) is 18.0 Å². The fraction of sp³-hybridized carbons (Fsp3) is 0.368. The first-order valence-corrected chi connectivity index (χ1v) is 11.2. The van der Waals surface area contributed by atoms with Crippen LogP contribution in [0.4, 0.5) is 5.13 Å². The molecule has 8 nitrogen and oxygen atoms in total. The largest absolute Gasteiger partial charge is 0.349 e. The fourth-order valence-electron chi connectivity index (χ4n) is 3.26. The van der Waals surface area contributed by atoms with Crippen molar-refractivity contribution in [2.75, 3.05) is 11.1 Å². The summed E-state index contributed by atoms with van der Waals surface area (Å²) in [4.78, 5) is 33.5. The molecule has 10 heteroatoms. The minimum absolute atomic E-state index is 0.171. The fourth-order valence-corrected chi connectivity index (χ4v) is 4.83. The number of hydrogen-bond acceptors (Lipinski definition) is 8. The maximum absolute atomic E-state index is 12.7. The number of aromatic nitrogens is 5. The van der Waals surface area contributed by atoms with Gasteiger partial charge >= 0.3 is 5.69 Å². The van der Waals surface area contributed by atoms with Crippen molar-refractivity contribution in [3.63, 3.8) is 0 Å². The summed E-state index contributed by atoms with van der Waals surface area (Å²) in [6.45, 7) is 2.40. The molecule has 1 amide bonds. The summed E-state index contributed by atoms with van der Waals surface area (Å²) in [6.07, 6.45) is 5.19. The Bertz CT molecular complexity index is 1080. The average Bonchev–Trinajstić information content (AvgIpc) is 3.39. The zero-order valence-corrected chi connectivity index (χ0v) is 17.6. The lowest BCUT2D eigenvalue weighted by molar-refractivity contribution is -0.113. The number of rotatable bonds is 7. The van der Waals surface area contributed by atoms with E-state index in [1.165, 1.54) is 23.1 Å². The normalized spacial score (nSPS) is 12.7. The third-order valence-electron chi connectivity index (χ3n) is 4.60. The summed E-state index contributed by atoms with van der Waals surface area (Å²) in [5, 5.41) is 12.7. The Hall–Kier alpha value is -2.59. The Labute approximate surface area is 175 Å². The Morgan fingerprint density at radius 3 is 2.97 bits per heavy atom. The number of fused-ring (bicyclic) bond motifs is 1. The van der Waals surface area contributed by atoms with Gasteiger partial charge in [-0.15, -0.1) is 10.2 Å². The van der Waals surface area contributed by atoms with Crippen LogP contribution < -0.4 is 11.0 Å². The summed E-state index contributed by atoms with van der Waals surface area (Å²) >= 11 is 2.67. The Balaban J connectivity index is 1.48. The number of nitrogens with zero attached hydrogens (tertiary/aromatic N) is 5. The summed E-state index contributed by atoms with van der Waals surface area (Å²) in [5.74, 6) is -0.00974. The molecule has 4 rings (SSSR count). The Kier molecular flexibility index (Phi) is 6.00. The van der Waals surface area contributed by atoms with Gasteiger partial charge in [0.15, 0.2) is 0 Å². The van der Waals surface area contributed by atoms with Gasteiger partial charge < -0.3 is 0 Å². The molecule has 0 aromatic carbocycles. The van der Waals surface area contributed by atoms with E-state index in [2.05, 4.69) is 25.5 Å². The van der Waals surface area contributed by atoms with Crippen LogP contribution in [0, 0.1) is 0 Å². The number of thioether (sulfide) groups is 1. The van der Waals surface area contributed by atoms with E-state index in [1.54, 1.807) is 10.8 Å². The van der Waals surface area contributed by atoms with Crippen LogP contribution in [0.2, 0.25) is 0 Å². The van der Waals surface area contributed by atoms with E-state index in [0.717, 1.165) is 47.6 Å². The molecule has 0 unspecified atom stereocenters. The van der Waals surface area contributed by atoms with Crippen molar-refractivity contribution >= 4 is 34.1 Å². The molecular weight excluding hydrogens is 408 g/mol. The van der Waals surface area contributed by atoms with Gasteiger partial charge in [-0.2, -0.15) is 4.98 Å². The van der Waals surface area contributed by atoms with Crippen molar-refractivity contribution in [3.05, 3.63) is 56.8 Å². The monoisotopic (exact) mass is 428 g/mol. The van der Waals surface area contributed by atoms with E-state index in [0.29, 0.717) is 16.7 Å². The number of carbonyl (C=O) groups excluding carboxylic acids is 1. The van der Waals surface area contributed by atoms with Crippen LogP contribution in [-0.4, -0.2) is 36.4 Å². The summed E-state index contributed by atoms with van der Waals surface area (Å²) in [5.41, 5.74) is 2.61. The second kappa shape index (κ2) is 8.83. The van der Waals surface area contributed by atoms with Crippen LogP contribution in [0.15, 0.2) is 34.2 Å². The molecule has 0 saturated carbocycles. The molecule has 0 fully saturated rings. The third kappa shape index (κ3) is 4.54. The molecule has 1 aliphatic carbocycles. The van der Waals surface area contributed by atoms with Gasteiger partial charge in [-0.1, -0.05) is 36.1 Å². The van der Waals surface area contributed by atoms with Gasteiger partial charge in [-0.3, -0.25) is 19.7 Å². The Morgan fingerprint density at radius 1 is 1.31 bits per heavy atom. The molecule has 0 aliphatic heterocycles. The zero-order valence-electron chi connectivity index (χ0n) is 15.9. The number of carbonyl (C=O) groups is 1. The van der Waals surface area contributed by atoms with E-state index in [-0.39, 0.29) is 17.3 Å². The maximum Gasteiger partial charge on any atom is 0.349 e. The molecule has 1 aliphatic rings. The third-order valence-corrected chi connectivity index (χ3v) is 6.60. The highest BCUT2D eigenvalue weighted by atomic mass is 32.2. The molecule has 0 atom stereocenters. The molecule has 3 aromatic rings. The van der Waals surface area contributed by atoms with Crippen molar-refractivity contribution in [2.45, 2.75) is 44.2 Å². The summed E-state index contributed by atoms with van der Waals surface area (Å²) in [6, 6.07) is 5.66. The van der Waals surface area contributed by atoms with Gasteiger partial charge in [-0.25, -0.2) is 4.79 Å². The SMILES string of the molecule is CCc1nnc(NC(=O)CSc2nc(=O)n(Cc3ccccn3)c3c2CCC3)s1. The molecule has 3 heterocycles. The van der Waals surface area contributed by atoms with E-state index < -0.39 is 0 Å². The predicted molar refractivity (Wildman–Crippen MR) is 113 cm³/mol. The van der Waals surface area contributed by atoms with E-state index in [4.69, 9.17) is 0 Å². The van der Waals surface area contributed by atoms with Crippen LogP contribution in [0.3, 0.4) is 0 Å². The number of nitrogens with one attached hydrogen (secondary N) is 1. The average molecular weight is 429 g/mol. The lowest BCUT2D eigenvalue weighted by atomic mass is 10.2. The van der Waals surface area contributed by atoms with E-state index >= 15 is 0 Å². The highest BCUT2D eigenvalue weighted by Crippen LogP contribution is 2.29. The summed E-state index contributed by atoms with van der Waals surface area (Å²) in [7, 11) is 0. The second-order valence-corrected chi connectivity index (χ2v) is 8.60. The van der Waals surface area contributed by atoms with Gasteiger partial charge in [0.2, 0.25) is 11.0 Å². The first kappa shape index (κ1) is 19.7. The highest BCUT2D eigenvalue weighted by Gasteiger charge is 2.23. The maximum atomic E-state index is 12.7. The molecule has 0 bridgehead atoms. The van der Waals surface area contributed by atoms with Crippen molar-refractivity contribution < 1.29 is 4.79 Å². The van der Waals surface area contributed by atoms with Gasteiger partial charge in [0, 0.05) is 17.5 Å². The molecule has 1 N–H and O–H groups in total. The standard InChI is InChI=1S/C19H20N6O2S2/c1-2-16-23-24-18(29-16)21-15(26)11-28-17-13-7-5-8-14(13)25(19(27)22-17)10-12-6-3-4-9-20-12/h3-4,6,9H,2,5,7-8,10-11H2,1H3,(H,21,24,26). The van der Waals surface area contributed by atoms with Crippen molar-refractivity contribution in [2.24, 2.45) is 0 Å². The van der Waals surface area contributed by atoms with Gasteiger partial charge in [-0.05, 0) is 37.8 Å². The number of amides is 1. The van der Waals surface area contributed by atoms with Crippen LogP contribution in [-0.2, 0) is 30.6 Å². The van der Waals surface area contributed by atoms with Crippen LogP contribution in [0.1, 0.15) is 35.3 Å². The van der Waals surface area contributed by atoms with Gasteiger partial charge in [0.25, 0.3) is 0 Å². The number of aryl methyl sites for hydroxylation is 1. The molecule has 0 spiro atoms. The molecule has 150 valence electrons. The van der Waals surface area contributed by atoms with Crippen LogP contribution in [0.5, 0.6) is 0 Å². The summed E-state index contributed by atoms with van der Waals surface area (Å²) < 4.78 is 1.71. The van der Waals surface area contributed by atoms with Crippen LogP contribution >= 0.6 is 23.1 Å². The number of hydrogen-bond donors (Lipinski definition) is 1. The Morgan fingerprint density at radius 2 is 2.21 bits per heavy atom. The number of anilines is 1.